The van der Waals surface area contributed by atoms with Gasteiger partial charge < -0.3 is 9.88 Å². The molecule has 20 heavy (non-hydrogen) atoms. The van der Waals surface area contributed by atoms with E-state index in [1.165, 1.54) is 64.2 Å². The van der Waals surface area contributed by atoms with Crippen molar-refractivity contribution in [3.63, 3.8) is 0 Å². The molecule has 0 spiro atoms. The molecular formula is C17H29N3. The summed E-state index contributed by atoms with van der Waals surface area (Å²) in [4.78, 5) is 4.56. The number of rotatable bonds is 5. The SMILES string of the molecule is CCCC1CCC(Nc2nccn2C2CCCC2)CC1. The lowest BCUT2D eigenvalue weighted by Crippen LogP contribution is -2.27. The Morgan fingerprint density at radius 2 is 1.90 bits per heavy atom. The number of nitrogens with one attached hydrogen (secondary N) is 1. The summed E-state index contributed by atoms with van der Waals surface area (Å²) in [5.41, 5.74) is 0. The third-order valence-electron chi connectivity index (χ3n) is 5.26. The lowest BCUT2D eigenvalue weighted by Gasteiger charge is -2.30. The highest BCUT2D eigenvalue weighted by molar-refractivity contribution is 5.28. The minimum absolute atomic E-state index is 0.644. The van der Waals surface area contributed by atoms with Crippen molar-refractivity contribution < 1.29 is 0 Å². The molecule has 112 valence electrons. The number of anilines is 1. The van der Waals surface area contributed by atoms with Crippen LogP contribution in [0.4, 0.5) is 5.95 Å². The van der Waals surface area contributed by atoms with Gasteiger partial charge >= 0.3 is 0 Å². The molecule has 1 N–H and O–H groups in total. The Balaban J connectivity index is 1.55. The van der Waals surface area contributed by atoms with Crippen LogP contribution in [0.15, 0.2) is 12.4 Å². The molecule has 0 aliphatic heterocycles. The van der Waals surface area contributed by atoms with E-state index < -0.39 is 0 Å². The van der Waals surface area contributed by atoms with E-state index in [9.17, 15) is 0 Å². The van der Waals surface area contributed by atoms with Crippen LogP contribution in [0.5, 0.6) is 0 Å². The minimum Gasteiger partial charge on any atom is -0.353 e. The molecule has 1 aromatic rings. The van der Waals surface area contributed by atoms with Gasteiger partial charge in [0.15, 0.2) is 0 Å². The highest BCUT2D eigenvalue weighted by Gasteiger charge is 2.23. The summed E-state index contributed by atoms with van der Waals surface area (Å²) in [5.74, 6) is 2.10. The van der Waals surface area contributed by atoms with E-state index in [0.29, 0.717) is 12.1 Å². The van der Waals surface area contributed by atoms with Crippen LogP contribution in [0.2, 0.25) is 0 Å². The maximum Gasteiger partial charge on any atom is 0.203 e. The molecule has 0 radical (unpaired) electrons. The van der Waals surface area contributed by atoms with E-state index >= 15 is 0 Å². The van der Waals surface area contributed by atoms with E-state index in [1.807, 2.05) is 6.20 Å². The Morgan fingerprint density at radius 3 is 2.60 bits per heavy atom. The van der Waals surface area contributed by atoms with Crippen molar-refractivity contribution >= 4 is 5.95 Å². The van der Waals surface area contributed by atoms with Gasteiger partial charge in [0, 0.05) is 24.5 Å². The van der Waals surface area contributed by atoms with Crippen molar-refractivity contribution in [2.45, 2.75) is 83.2 Å². The zero-order chi connectivity index (χ0) is 13.8. The fraction of sp³-hybridized carbons (Fsp3) is 0.824. The molecule has 0 saturated heterocycles. The van der Waals surface area contributed by atoms with Crippen molar-refractivity contribution in [3.8, 4) is 0 Å². The molecule has 2 fully saturated rings. The van der Waals surface area contributed by atoms with E-state index in [1.54, 1.807) is 0 Å². The Morgan fingerprint density at radius 1 is 1.15 bits per heavy atom. The molecular weight excluding hydrogens is 246 g/mol. The summed E-state index contributed by atoms with van der Waals surface area (Å²) in [6.07, 6.45) is 17.7. The summed E-state index contributed by atoms with van der Waals surface area (Å²) in [5, 5.41) is 3.72. The molecule has 1 heterocycles. The van der Waals surface area contributed by atoms with Crippen LogP contribution >= 0.6 is 0 Å². The van der Waals surface area contributed by atoms with Crippen molar-refractivity contribution in [1.29, 1.82) is 0 Å². The number of hydrogen-bond donors (Lipinski definition) is 1. The molecule has 3 heteroatoms. The van der Waals surface area contributed by atoms with Gasteiger partial charge in [-0.15, -0.1) is 0 Å². The molecule has 0 amide bonds. The second-order valence-corrected chi connectivity index (χ2v) is 6.75. The van der Waals surface area contributed by atoms with Gasteiger partial charge in [0.05, 0.1) is 0 Å². The smallest absolute Gasteiger partial charge is 0.203 e. The second kappa shape index (κ2) is 6.64. The summed E-state index contributed by atoms with van der Waals surface area (Å²) in [6.45, 7) is 2.31. The second-order valence-electron chi connectivity index (χ2n) is 6.75. The third-order valence-corrected chi connectivity index (χ3v) is 5.26. The zero-order valence-corrected chi connectivity index (χ0v) is 12.9. The molecule has 3 nitrogen and oxygen atoms in total. The van der Waals surface area contributed by atoms with Crippen LogP contribution in [0, 0.1) is 5.92 Å². The number of hydrogen-bond acceptors (Lipinski definition) is 2. The third kappa shape index (κ3) is 3.18. The average molecular weight is 275 g/mol. The Hall–Kier alpha value is -0.990. The fourth-order valence-corrected chi connectivity index (χ4v) is 4.09. The van der Waals surface area contributed by atoms with Gasteiger partial charge in [-0.3, -0.25) is 0 Å². The van der Waals surface area contributed by atoms with Crippen molar-refractivity contribution in [2.24, 2.45) is 5.92 Å². The standard InChI is InChI=1S/C17H29N3/c1-2-5-14-8-10-15(11-9-14)19-17-18-12-13-20(17)16-6-3-4-7-16/h12-16H,2-11H2,1H3,(H,18,19). The molecule has 2 aliphatic carbocycles. The lowest BCUT2D eigenvalue weighted by atomic mass is 9.83. The first-order valence-electron chi connectivity index (χ1n) is 8.66. The molecule has 2 aliphatic rings. The zero-order valence-electron chi connectivity index (χ0n) is 12.9. The monoisotopic (exact) mass is 275 g/mol. The normalized spacial score (nSPS) is 27.9. The van der Waals surface area contributed by atoms with Crippen LogP contribution < -0.4 is 5.32 Å². The highest BCUT2D eigenvalue weighted by atomic mass is 15.2. The highest BCUT2D eigenvalue weighted by Crippen LogP contribution is 2.33. The summed E-state index contributed by atoms with van der Waals surface area (Å²) in [7, 11) is 0. The topological polar surface area (TPSA) is 29.9 Å². The lowest BCUT2D eigenvalue weighted by molar-refractivity contribution is 0.317. The Kier molecular flexibility index (Phi) is 4.64. The molecule has 0 aromatic carbocycles. The van der Waals surface area contributed by atoms with Crippen LogP contribution in [0.1, 0.15) is 77.2 Å². The fourth-order valence-electron chi connectivity index (χ4n) is 4.09. The van der Waals surface area contributed by atoms with Gasteiger partial charge in [0.1, 0.15) is 0 Å². The molecule has 3 rings (SSSR count). The first-order valence-corrected chi connectivity index (χ1v) is 8.66. The van der Waals surface area contributed by atoms with Gasteiger partial charge in [-0.1, -0.05) is 32.6 Å². The Labute approximate surface area is 123 Å². The number of aromatic nitrogens is 2. The first-order chi connectivity index (χ1) is 9.86. The van der Waals surface area contributed by atoms with Crippen LogP contribution in [-0.2, 0) is 0 Å². The van der Waals surface area contributed by atoms with E-state index in [2.05, 4.69) is 28.0 Å². The van der Waals surface area contributed by atoms with Crippen LogP contribution in [0.3, 0.4) is 0 Å². The maximum absolute atomic E-state index is 4.56. The molecule has 2 saturated carbocycles. The maximum atomic E-state index is 4.56. The largest absolute Gasteiger partial charge is 0.353 e. The number of nitrogens with zero attached hydrogens (tertiary/aromatic N) is 2. The van der Waals surface area contributed by atoms with E-state index in [4.69, 9.17) is 0 Å². The van der Waals surface area contributed by atoms with Gasteiger partial charge in [-0.25, -0.2) is 4.98 Å². The van der Waals surface area contributed by atoms with Gasteiger partial charge in [0.25, 0.3) is 0 Å². The molecule has 1 aromatic heterocycles. The average Bonchev–Trinajstić information content (AvgIpc) is 3.12. The van der Waals surface area contributed by atoms with Crippen molar-refractivity contribution in [2.75, 3.05) is 5.32 Å². The van der Waals surface area contributed by atoms with Gasteiger partial charge in [-0.05, 0) is 44.4 Å². The van der Waals surface area contributed by atoms with Crippen LogP contribution in [0.25, 0.3) is 0 Å². The van der Waals surface area contributed by atoms with E-state index in [0.717, 1.165) is 11.9 Å². The van der Waals surface area contributed by atoms with Crippen molar-refractivity contribution in [3.05, 3.63) is 12.4 Å². The quantitative estimate of drug-likeness (QED) is 0.839. The predicted octanol–water partition coefficient (Wildman–Crippen LogP) is 4.77. The summed E-state index contributed by atoms with van der Waals surface area (Å²) < 4.78 is 2.39. The predicted molar refractivity (Wildman–Crippen MR) is 84.0 cm³/mol. The molecule has 0 bridgehead atoms. The Bertz CT molecular complexity index is 398. The van der Waals surface area contributed by atoms with Crippen LogP contribution in [-0.4, -0.2) is 15.6 Å². The van der Waals surface area contributed by atoms with E-state index in [-0.39, 0.29) is 0 Å². The van der Waals surface area contributed by atoms with Gasteiger partial charge in [-0.2, -0.15) is 0 Å². The molecule has 0 unspecified atom stereocenters. The first kappa shape index (κ1) is 14.0. The minimum atomic E-state index is 0.644. The number of imidazole rings is 1. The van der Waals surface area contributed by atoms with Gasteiger partial charge in [0.2, 0.25) is 5.95 Å². The summed E-state index contributed by atoms with van der Waals surface area (Å²) in [6, 6.07) is 1.34. The molecule has 0 atom stereocenters. The van der Waals surface area contributed by atoms with Crippen molar-refractivity contribution in [1.82, 2.24) is 9.55 Å². The summed E-state index contributed by atoms with van der Waals surface area (Å²) >= 11 is 0.